The van der Waals surface area contributed by atoms with Crippen LogP contribution in [0.5, 0.6) is 5.75 Å². The fourth-order valence-corrected chi connectivity index (χ4v) is 4.40. The number of amides is 3. The molecule has 0 spiro atoms. The normalized spacial score (nSPS) is 18.6. The van der Waals surface area contributed by atoms with Crippen LogP contribution in [0.1, 0.15) is 49.2 Å². The van der Waals surface area contributed by atoms with E-state index in [0.29, 0.717) is 17.9 Å². The number of carbonyl (C=O) groups excluding carboxylic acids is 3. The van der Waals surface area contributed by atoms with Gasteiger partial charge in [0.25, 0.3) is 0 Å². The number of aryl methyl sites for hydroxylation is 2. The number of ether oxygens (including phenoxy) is 1. The van der Waals surface area contributed by atoms with Gasteiger partial charge in [0.2, 0.25) is 17.7 Å². The molecule has 1 aromatic heterocycles. The van der Waals surface area contributed by atoms with Crippen LogP contribution >= 0.6 is 0 Å². The quantitative estimate of drug-likeness (QED) is 0.618. The molecule has 0 radical (unpaired) electrons. The Labute approximate surface area is 189 Å². The van der Waals surface area contributed by atoms with Crippen molar-refractivity contribution in [1.82, 2.24) is 19.6 Å². The number of imide groups is 1. The summed E-state index contributed by atoms with van der Waals surface area (Å²) in [7, 11) is 4.92. The standard InChI is InChI=1S/C24H32N4O4/c1-15(2)28(14-20-16(3)25-27(6)17(20)4)22(30)13-24(12-21(29)26(5)23(24)31)18-8-10-19(32-7)11-9-18/h8-11,15H,12-14H2,1-7H3. The lowest BCUT2D eigenvalue weighted by atomic mass is 9.75. The second-order valence-electron chi connectivity index (χ2n) is 8.81. The van der Waals surface area contributed by atoms with Crippen LogP contribution in [0, 0.1) is 13.8 Å². The molecular weight excluding hydrogens is 408 g/mol. The molecule has 0 aliphatic carbocycles. The largest absolute Gasteiger partial charge is 0.497 e. The Kier molecular flexibility index (Phi) is 6.44. The zero-order valence-electron chi connectivity index (χ0n) is 19.9. The van der Waals surface area contributed by atoms with Crippen LogP contribution in [0.15, 0.2) is 24.3 Å². The predicted molar refractivity (Wildman–Crippen MR) is 120 cm³/mol. The summed E-state index contributed by atoms with van der Waals surface area (Å²) in [5, 5.41) is 4.46. The lowest BCUT2D eigenvalue weighted by molar-refractivity contribution is -0.142. The number of likely N-dealkylation sites (tertiary alicyclic amines) is 1. The molecule has 1 aliphatic heterocycles. The van der Waals surface area contributed by atoms with Gasteiger partial charge in [-0.05, 0) is 45.4 Å². The van der Waals surface area contributed by atoms with Crippen LogP contribution in [0.3, 0.4) is 0 Å². The summed E-state index contributed by atoms with van der Waals surface area (Å²) in [6.07, 6.45) is -0.109. The van der Waals surface area contributed by atoms with E-state index in [1.54, 1.807) is 41.0 Å². The van der Waals surface area contributed by atoms with Gasteiger partial charge in [-0.25, -0.2) is 0 Å². The number of methoxy groups -OCH3 is 1. The Balaban J connectivity index is 1.98. The fraction of sp³-hybridized carbons (Fsp3) is 0.500. The third-order valence-electron chi connectivity index (χ3n) is 6.57. The monoisotopic (exact) mass is 440 g/mol. The number of aromatic nitrogens is 2. The molecule has 1 atom stereocenters. The Morgan fingerprint density at radius 3 is 2.25 bits per heavy atom. The van der Waals surface area contributed by atoms with E-state index in [-0.39, 0.29) is 36.6 Å². The minimum absolute atomic E-state index is 0.0305. The van der Waals surface area contributed by atoms with Gasteiger partial charge in [-0.3, -0.25) is 24.0 Å². The highest BCUT2D eigenvalue weighted by atomic mass is 16.5. The van der Waals surface area contributed by atoms with Gasteiger partial charge >= 0.3 is 0 Å². The van der Waals surface area contributed by atoms with Gasteiger partial charge in [-0.1, -0.05) is 12.1 Å². The number of hydrogen-bond donors (Lipinski definition) is 0. The number of hydrogen-bond acceptors (Lipinski definition) is 5. The van der Waals surface area contributed by atoms with Crippen LogP contribution < -0.4 is 4.74 Å². The number of carbonyl (C=O) groups is 3. The molecule has 3 amide bonds. The van der Waals surface area contributed by atoms with Crippen molar-refractivity contribution >= 4 is 17.7 Å². The van der Waals surface area contributed by atoms with E-state index in [0.717, 1.165) is 21.9 Å². The Bertz CT molecular complexity index is 1040. The summed E-state index contributed by atoms with van der Waals surface area (Å²) in [6, 6.07) is 6.96. The maximum atomic E-state index is 13.6. The fourth-order valence-electron chi connectivity index (χ4n) is 4.40. The second kappa shape index (κ2) is 8.76. The van der Waals surface area contributed by atoms with Gasteiger partial charge < -0.3 is 9.64 Å². The molecule has 2 heterocycles. The molecule has 3 rings (SSSR count). The molecule has 1 aromatic carbocycles. The molecular formula is C24H32N4O4. The molecule has 8 heteroatoms. The molecule has 8 nitrogen and oxygen atoms in total. The van der Waals surface area contributed by atoms with Crippen LogP contribution in [0.4, 0.5) is 0 Å². The van der Waals surface area contributed by atoms with Crippen molar-refractivity contribution in [2.45, 2.75) is 58.5 Å². The van der Waals surface area contributed by atoms with E-state index in [2.05, 4.69) is 5.10 Å². The zero-order chi connectivity index (χ0) is 23.8. The van der Waals surface area contributed by atoms with Gasteiger partial charge in [0.15, 0.2) is 0 Å². The SMILES string of the molecule is COc1ccc(C2(CC(=O)N(Cc3c(C)nn(C)c3C)C(C)C)CC(=O)N(C)C2=O)cc1. The summed E-state index contributed by atoms with van der Waals surface area (Å²) >= 11 is 0. The van der Waals surface area contributed by atoms with Crippen molar-refractivity contribution in [3.05, 3.63) is 46.8 Å². The Hall–Kier alpha value is -3.16. The van der Waals surface area contributed by atoms with E-state index >= 15 is 0 Å². The van der Waals surface area contributed by atoms with Crippen LogP contribution in [-0.2, 0) is 33.4 Å². The molecule has 0 bridgehead atoms. The first-order chi connectivity index (χ1) is 15.0. The first-order valence-electron chi connectivity index (χ1n) is 10.8. The Morgan fingerprint density at radius 2 is 1.81 bits per heavy atom. The van der Waals surface area contributed by atoms with Crippen molar-refractivity contribution in [3.8, 4) is 5.75 Å². The minimum atomic E-state index is -1.22. The van der Waals surface area contributed by atoms with Crippen molar-refractivity contribution < 1.29 is 19.1 Å². The van der Waals surface area contributed by atoms with Gasteiger partial charge in [0.05, 0.1) is 18.2 Å². The van der Waals surface area contributed by atoms with Gasteiger partial charge in [0, 0.05) is 50.8 Å². The molecule has 32 heavy (non-hydrogen) atoms. The van der Waals surface area contributed by atoms with Crippen LogP contribution in [-0.4, -0.2) is 57.5 Å². The van der Waals surface area contributed by atoms with Gasteiger partial charge in [-0.2, -0.15) is 5.10 Å². The molecule has 1 aliphatic rings. The summed E-state index contributed by atoms with van der Waals surface area (Å²) in [5.74, 6) is -0.159. The van der Waals surface area contributed by atoms with E-state index in [9.17, 15) is 14.4 Å². The highest BCUT2D eigenvalue weighted by molar-refractivity contribution is 6.10. The van der Waals surface area contributed by atoms with Gasteiger partial charge in [0.1, 0.15) is 5.75 Å². The highest BCUT2D eigenvalue weighted by Gasteiger charge is 2.53. The topological polar surface area (TPSA) is 84.7 Å². The predicted octanol–water partition coefficient (Wildman–Crippen LogP) is 2.50. The molecule has 1 unspecified atom stereocenters. The lowest BCUT2D eigenvalue weighted by Gasteiger charge is -2.32. The summed E-state index contributed by atoms with van der Waals surface area (Å²) in [5.41, 5.74) is 2.30. The zero-order valence-corrected chi connectivity index (χ0v) is 19.9. The average molecular weight is 441 g/mol. The number of likely N-dealkylation sites (N-methyl/N-ethyl adjacent to an activating group) is 1. The minimum Gasteiger partial charge on any atom is -0.497 e. The van der Waals surface area contributed by atoms with Crippen molar-refractivity contribution in [3.63, 3.8) is 0 Å². The molecule has 2 aromatic rings. The van der Waals surface area contributed by atoms with E-state index in [1.807, 2.05) is 34.7 Å². The molecule has 0 saturated carbocycles. The molecule has 1 saturated heterocycles. The van der Waals surface area contributed by atoms with Crippen molar-refractivity contribution in [2.75, 3.05) is 14.2 Å². The van der Waals surface area contributed by atoms with Crippen LogP contribution in [0.25, 0.3) is 0 Å². The van der Waals surface area contributed by atoms with E-state index in [1.165, 1.54) is 7.05 Å². The number of benzene rings is 1. The first-order valence-corrected chi connectivity index (χ1v) is 10.8. The average Bonchev–Trinajstić information content (AvgIpc) is 3.12. The second-order valence-corrected chi connectivity index (χ2v) is 8.81. The van der Waals surface area contributed by atoms with Crippen molar-refractivity contribution in [2.24, 2.45) is 7.05 Å². The summed E-state index contributed by atoms with van der Waals surface area (Å²) < 4.78 is 7.04. The summed E-state index contributed by atoms with van der Waals surface area (Å²) in [6.45, 7) is 8.21. The third kappa shape index (κ3) is 4.01. The number of nitrogens with zero attached hydrogens (tertiary/aromatic N) is 4. The smallest absolute Gasteiger partial charge is 0.240 e. The maximum absolute atomic E-state index is 13.6. The maximum Gasteiger partial charge on any atom is 0.240 e. The summed E-state index contributed by atoms with van der Waals surface area (Å²) in [4.78, 5) is 42.3. The number of rotatable bonds is 7. The van der Waals surface area contributed by atoms with Crippen LogP contribution in [0.2, 0.25) is 0 Å². The van der Waals surface area contributed by atoms with E-state index in [4.69, 9.17) is 4.74 Å². The molecule has 0 N–H and O–H groups in total. The highest BCUT2D eigenvalue weighted by Crippen LogP contribution is 2.40. The van der Waals surface area contributed by atoms with Gasteiger partial charge in [-0.15, -0.1) is 0 Å². The first kappa shape index (κ1) is 23.5. The van der Waals surface area contributed by atoms with E-state index < -0.39 is 5.41 Å². The molecule has 1 fully saturated rings. The van der Waals surface area contributed by atoms with Crippen molar-refractivity contribution in [1.29, 1.82) is 0 Å². The lowest BCUT2D eigenvalue weighted by Crippen LogP contribution is -2.44. The molecule has 172 valence electrons. The third-order valence-corrected chi connectivity index (χ3v) is 6.57. The Morgan fingerprint density at radius 1 is 1.19 bits per heavy atom.